The topological polar surface area (TPSA) is 112 Å². The van der Waals surface area contributed by atoms with Crippen LogP contribution < -0.4 is 0 Å². The number of hydrogen-bond donors (Lipinski definition) is 4. The van der Waals surface area contributed by atoms with Gasteiger partial charge in [-0.3, -0.25) is 4.68 Å². The Hall–Kier alpha value is -0.803. The van der Waals surface area contributed by atoms with Gasteiger partial charge < -0.3 is 19.5 Å². The molecule has 1 aromatic rings. The Balaban J connectivity index is 2.31. The summed E-state index contributed by atoms with van der Waals surface area (Å²) in [5.41, 5.74) is 0.463. The fourth-order valence-electron chi connectivity index (χ4n) is 0.998. The van der Waals surface area contributed by atoms with Crippen molar-refractivity contribution in [1.82, 2.24) is 15.0 Å². The summed E-state index contributed by atoms with van der Waals surface area (Å²) in [6.07, 6.45) is 1.97. The molecule has 0 bridgehead atoms. The van der Waals surface area contributed by atoms with Gasteiger partial charge in [-0.2, -0.15) is 0 Å². The van der Waals surface area contributed by atoms with Gasteiger partial charge in [-0.05, 0) is 6.42 Å². The number of aliphatic hydroxyl groups is 1. The molecular formula is C6H13N3O4Si. The highest BCUT2D eigenvalue weighted by atomic mass is 28.4. The van der Waals surface area contributed by atoms with Crippen molar-refractivity contribution in [2.45, 2.75) is 25.6 Å². The van der Waals surface area contributed by atoms with E-state index < -0.39 is 8.80 Å². The number of rotatable bonds is 5. The molecule has 0 saturated heterocycles. The lowest BCUT2D eigenvalue weighted by molar-refractivity contribution is 0.225. The van der Waals surface area contributed by atoms with Crippen molar-refractivity contribution < 1.29 is 19.5 Å². The second kappa shape index (κ2) is 4.62. The van der Waals surface area contributed by atoms with E-state index in [2.05, 4.69) is 10.3 Å². The summed E-state index contributed by atoms with van der Waals surface area (Å²) in [4.78, 5) is 26.1. The number of aromatic nitrogens is 3. The largest absolute Gasteiger partial charge is 0.492 e. The molecular weight excluding hydrogens is 206 g/mol. The predicted octanol–water partition coefficient (Wildman–Crippen LogP) is -1.92. The SMILES string of the molecule is OCc1cn(CCC[Si](O)(O)O)nn1. The van der Waals surface area contributed by atoms with Gasteiger partial charge in [-0.25, -0.2) is 0 Å². The molecule has 0 aromatic carbocycles. The minimum absolute atomic E-state index is 0.0265. The first-order valence-corrected chi connectivity index (χ1v) is 6.23. The molecule has 14 heavy (non-hydrogen) atoms. The maximum Gasteiger partial charge on any atom is 0.492 e. The zero-order chi connectivity index (χ0) is 10.6. The zero-order valence-corrected chi connectivity index (χ0v) is 8.54. The number of aryl methyl sites for hydroxylation is 1. The van der Waals surface area contributed by atoms with Crippen LogP contribution in [0.1, 0.15) is 12.1 Å². The second-order valence-corrected chi connectivity index (χ2v) is 5.06. The van der Waals surface area contributed by atoms with E-state index in [0.29, 0.717) is 18.7 Å². The Morgan fingerprint density at radius 3 is 2.57 bits per heavy atom. The molecule has 0 fully saturated rings. The molecule has 8 heteroatoms. The number of hydrogen-bond acceptors (Lipinski definition) is 6. The van der Waals surface area contributed by atoms with Gasteiger partial charge in [0.25, 0.3) is 0 Å². The Labute approximate surface area is 81.6 Å². The monoisotopic (exact) mass is 219 g/mol. The van der Waals surface area contributed by atoms with E-state index in [1.807, 2.05) is 0 Å². The minimum Gasteiger partial charge on any atom is -0.390 e. The summed E-state index contributed by atoms with van der Waals surface area (Å²) < 4.78 is 1.48. The Morgan fingerprint density at radius 2 is 2.07 bits per heavy atom. The number of aliphatic hydroxyl groups excluding tert-OH is 1. The van der Waals surface area contributed by atoms with E-state index in [1.54, 1.807) is 6.20 Å². The molecule has 0 atom stereocenters. The van der Waals surface area contributed by atoms with Crippen LogP contribution in [0.4, 0.5) is 0 Å². The molecule has 1 heterocycles. The molecule has 0 saturated carbocycles. The summed E-state index contributed by atoms with van der Waals surface area (Å²) in [5.74, 6) is 0. The first kappa shape index (κ1) is 11.3. The molecule has 0 aliphatic carbocycles. The van der Waals surface area contributed by atoms with Crippen LogP contribution in [0.5, 0.6) is 0 Å². The number of nitrogens with zero attached hydrogens (tertiary/aromatic N) is 3. The van der Waals surface area contributed by atoms with Crippen molar-refractivity contribution >= 4 is 8.80 Å². The molecule has 1 aromatic heterocycles. The molecule has 4 N–H and O–H groups in total. The van der Waals surface area contributed by atoms with Gasteiger partial charge in [0.15, 0.2) is 0 Å². The van der Waals surface area contributed by atoms with E-state index in [9.17, 15) is 0 Å². The third-order valence-corrected chi connectivity index (χ3v) is 2.67. The van der Waals surface area contributed by atoms with E-state index in [-0.39, 0.29) is 12.7 Å². The van der Waals surface area contributed by atoms with Gasteiger partial charge in [-0.15, -0.1) is 5.10 Å². The van der Waals surface area contributed by atoms with Crippen molar-refractivity contribution in [2.75, 3.05) is 0 Å². The van der Waals surface area contributed by atoms with Gasteiger partial charge in [-0.1, -0.05) is 5.21 Å². The van der Waals surface area contributed by atoms with E-state index in [4.69, 9.17) is 19.5 Å². The fourth-order valence-corrected chi connectivity index (χ4v) is 1.63. The maximum atomic E-state index is 8.71. The van der Waals surface area contributed by atoms with Gasteiger partial charge in [0.05, 0.1) is 12.8 Å². The first-order chi connectivity index (χ1) is 6.51. The highest BCUT2D eigenvalue weighted by Gasteiger charge is 2.25. The Bertz CT molecular complexity index is 285. The molecule has 1 rings (SSSR count). The lowest BCUT2D eigenvalue weighted by Gasteiger charge is -2.07. The van der Waals surface area contributed by atoms with Crippen LogP contribution >= 0.6 is 0 Å². The molecule has 0 amide bonds. The Morgan fingerprint density at radius 1 is 1.36 bits per heavy atom. The van der Waals surface area contributed by atoms with Crippen molar-refractivity contribution in [1.29, 1.82) is 0 Å². The molecule has 0 spiro atoms. The van der Waals surface area contributed by atoms with Crippen LogP contribution in [-0.4, -0.2) is 43.3 Å². The van der Waals surface area contributed by atoms with Crippen LogP contribution in [-0.2, 0) is 13.2 Å². The molecule has 0 aliphatic rings. The Kier molecular flexibility index (Phi) is 3.72. The summed E-state index contributed by atoms with van der Waals surface area (Å²) in [5, 5.41) is 16.0. The molecule has 0 radical (unpaired) electrons. The summed E-state index contributed by atoms with van der Waals surface area (Å²) in [6, 6.07) is -0.0265. The van der Waals surface area contributed by atoms with Gasteiger partial charge in [0, 0.05) is 12.6 Å². The van der Waals surface area contributed by atoms with Crippen molar-refractivity contribution in [3.63, 3.8) is 0 Å². The van der Waals surface area contributed by atoms with Crippen LogP contribution in [0.2, 0.25) is 6.04 Å². The lowest BCUT2D eigenvalue weighted by Crippen LogP contribution is -2.34. The summed E-state index contributed by atoms with van der Waals surface area (Å²) >= 11 is 0. The maximum absolute atomic E-state index is 8.71. The van der Waals surface area contributed by atoms with Gasteiger partial charge in [0.1, 0.15) is 5.69 Å². The van der Waals surface area contributed by atoms with Crippen LogP contribution in [0, 0.1) is 0 Å². The highest BCUT2D eigenvalue weighted by Crippen LogP contribution is 2.03. The van der Waals surface area contributed by atoms with Gasteiger partial charge in [0.2, 0.25) is 0 Å². The van der Waals surface area contributed by atoms with Crippen molar-refractivity contribution in [3.05, 3.63) is 11.9 Å². The van der Waals surface area contributed by atoms with E-state index >= 15 is 0 Å². The smallest absolute Gasteiger partial charge is 0.390 e. The zero-order valence-electron chi connectivity index (χ0n) is 7.54. The molecule has 80 valence electrons. The quantitative estimate of drug-likeness (QED) is 0.429. The first-order valence-electron chi connectivity index (χ1n) is 4.18. The van der Waals surface area contributed by atoms with E-state index in [0.717, 1.165) is 0 Å². The normalized spacial score (nSPS) is 12.0. The van der Waals surface area contributed by atoms with E-state index in [1.165, 1.54) is 4.68 Å². The standard InChI is InChI=1S/C6H13N3O4Si/c10-5-6-4-9(8-7-6)2-1-3-14(11,12)13/h4,10-13H,1-3,5H2. The van der Waals surface area contributed by atoms with Gasteiger partial charge >= 0.3 is 8.80 Å². The van der Waals surface area contributed by atoms with Crippen LogP contribution in [0.25, 0.3) is 0 Å². The third-order valence-electron chi connectivity index (χ3n) is 1.65. The minimum atomic E-state index is -3.92. The molecule has 0 unspecified atom stereocenters. The predicted molar refractivity (Wildman–Crippen MR) is 47.8 cm³/mol. The molecule has 7 nitrogen and oxygen atoms in total. The lowest BCUT2D eigenvalue weighted by atomic mass is 10.5. The molecule has 0 aliphatic heterocycles. The highest BCUT2D eigenvalue weighted by molar-refractivity contribution is 6.56. The van der Waals surface area contributed by atoms with Crippen LogP contribution in [0.15, 0.2) is 6.20 Å². The van der Waals surface area contributed by atoms with Crippen LogP contribution in [0.3, 0.4) is 0 Å². The average molecular weight is 219 g/mol. The van der Waals surface area contributed by atoms with Crippen molar-refractivity contribution in [3.8, 4) is 0 Å². The summed E-state index contributed by atoms with van der Waals surface area (Å²) in [7, 11) is -3.92. The second-order valence-electron chi connectivity index (χ2n) is 3.01. The fraction of sp³-hybridized carbons (Fsp3) is 0.667. The average Bonchev–Trinajstić information content (AvgIpc) is 2.50. The van der Waals surface area contributed by atoms with Crippen molar-refractivity contribution in [2.24, 2.45) is 0 Å². The summed E-state index contributed by atoms with van der Waals surface area (Å²) in [6.45, 7) is 0.266. The third kappa shape index (κ3) is 3.94.